The summed E-state index contributed by atoms with van der Waals surface area (Å²) in [5, 5.41) is 0.0731. The number of aryl methyl sites for hydroxylation is 1. The van der Waals surface area contributed by atoms with Gasteiger partial charge in [-0.3, -0.25) is 0 Å². The lowest BCUT2D eigenvalue weighted by Gasteiger charge is -2.11. The highest BCUT2D eigenvalue weighted by molar-refractivity contribution is 7.91. The summed E-state index contributed by atoms with van der Waals surface area (Å²) in [6.45, 7) is 3.79. The summed E-state index contributed by atoms with van der Waals surface area (Å²) in [4.78, 5) is 3.94. The largest absolute Gasteiger partial charge is 0.319 e. The Morgan fingerprint density at radius 2 is 2.10 bits per heavy atom. The molecule has 0 aliphatic heterocycles. The van der Waals surface area contributed by atoms with Crippen LogP contribution in [-0.4, -0.2) is 23.7 Å². The van der Waals surface area contributed by atoms with Crippen molar-refractivity contribution < 1.29 is 12.8 Å². The third-order valence-corrected chi connectivity index (χ3v) is 4.63. The van der Waals surface area contributed by atoms with Gasteiger partial charge in [-0.05, 0) is 38.0 Å². The number of sulfone groups is 1. The van der Waals surface area contributed by atoms with Crippen LogP contribution in [0.15, 0.2) is 41.8 Å². The van der Waals surface area contributed by atoms with Gasteiger partial charge in [0.05, 0.1) is 5.75 Å². The first-order valence-electron chi connectivity index (χ1n) is 6.40. The Morgan fingerprint density at radius 1 is 1.35 bits per heavy atom. The summed E-state index contributed by atoms with van der Waals surface area (Å²) in [5.74, 6) is -0.441. The van der Waals surface area contributed by atoms with Crippen molar-refractivity contribution in [3.63, 3.8) is 0 Å². The average Bonchev–Trinajstić information content (AvgIpc) is 2.87. The second kappa shape index (κ2) is 5.75. The van der Waals surface area contributed by atoms with E-state index >= 15 is 0 Å². The Hall–Kier alpha value is -1.69. The zero-order chi connectivity index (χ0) is 14.8. The summed E-state index contributed by atoms with van der Waals surface area (Å²) < 4.78 is 39.3. The van der Waals surface area contributed by atoms with Crippen LogP contribution in [0.1, 0.15) is 25.5 Å². The lowest BCUT2D eigenvalue weighted by molar-refractivity contribution is 0.520. The molecule has 0 radical (unpaired) electrons. The van der Waals surface area contributed by atoms with E-state index in [1.165, 1.54) is 18.3 Å². The van der Waals surface area contributed by atoms with Gasteiger partial charge in [-0.1, -0.05) is 12.1 Å². The van der Waals surface area contributed by atoms with Gasteiger partial charge in [0, 0.05) is 18.4 Å². The molecule has 0 saturated carbocycles. The van der Waals surface area contributed by atoms with Gasteiger partial charge in [0.2, 0.25) is 15.0 Å². The van der Waals surface area contributed by atoms with E-state index in [9.17, 15) is 12.8 Å². The molecular formula is C14H17FN2O2S. The fraction of sp³-hybridized carbons (Fsp3) is 0.357. The van der Waals surface area contributed by atoms with Crippen molar-refractivity contribution in [1.82, 2.24) is 9.55 Å². The standard InChI is InChI=1S/C14H17FN2O2S/c1-11(2)17-8-7-16-14(17)20(18,19)9-6-12-4-3-5-13(15)10-12/h3-5,7-8,10-11H,6,9H2,1-2H3. The highest BCUT2D eigenvalue weighted by Crippen LogP contribution is 2.16. The quantitative estimate of drug-likeness (QED) is 0.852. The Labute approximate surface area is 118 Å². The Kier molecular flexibility index (Phi) is 4.23. The van der Waals surface area contributed by atoms with Crippen LogP contribution in [0.2, 0.25) is 0 Å². The Morgan fingerprint density at radius 3 is 2.75 bits per heavy atom. The van der Waals surface area contributed by atoms with Gasteiger partial charge >= 0.3 is 0 Å². The van der Waals surface area contributed by atoms with Crippen LogP contribution >= 0.6 is 0 Å². The molecule has 6 heteroatoms. The van der Waals surface area contributed by atoms with Crippen molar-refractivity contribution in [2.24, 2.45) is 0 Å². The first-order valence-corrected chi connectivity index (χ1v) is 8.05. The molecule has 0 aliphatic rings. The van der Waals surface area contributed by atoms with Crippen LogP contribution in [-0.2, 0) is 16.3 Å². The normalized spacial score (nSPS) is 12.0. The molecule has 0 spiro atoms. The van der Waals surface area contributed by atoms with E-state index in [0.717, 1.165) is 0 Å². The lowest BCUT2D eigenvalue weighted by atomic mass is 10.2. The second-order valence-electron chi connectivity index (χ2n) is 4.91. The lowest BCUT2D eigenvalue weighted by Crippen LogP contribution is -2.16. The van der Waals surface area contributed by atoms with Crippen molar-refractivity contribution in [3.8, 4) is 0 Å². The van der Waals surface area contributed by atoms with E-state index in [1.54, 1.807) is 22.9 Å². The predicted molar refractivity (Wildman–Crippen MR) is 74.8 cm³/mol. The van der Waals surface area contributed by atoms with Crippen molar-refractivity contribution in [2.75, 3.05) is 5.75 Å². The molecule has 0 bridgehead atoms. The number of hydrogen-bond donors (Lipinski definition) is 0. The molecule has 0 aliphatic carbocycles. The van der Waals surface area contributed by atoms with Crippen LogP contribution in [0, 0.1) is 5.82 Å². The maximum Gasteiger partial charge on any atom is 0.227 e. The fourth-order valence-corrected chi connectivity index (χ4v) is 3.47. The van der Waals surface area contributed by atoms with Gasteiger partial charge < -0.3 is 4.57 Å². The van der Waals surface area contributed by atoms with Crippen LogP contribution in [0.5, 0.6) is 0 Å². The minimum atomic E-state index is -3.47. The van der Waals surface area contributed by atoms with Gasteiger partial charge in [0.15, 0.2) is 0 Å². The highest BCUT2D eigenvalue weighted by Gasteiger charge is 2.21. The summed E-state index contributed by atoms with van der Waals surface area (Å²) in [6, 6.07) is 6.00. The molecule has 108 valence electrons. The number of benzene rings is 1. The predicted octanol–water partition coefficient (Wildman–Crippen LogP) is 2.62. The number of halogens is 1. The molecule has 0 amide bonds. The molecule has 0 saturated heterocycles. The first-order chi connectivity index (χ1) is 9.40. The number of nitrogens with zero attached hydrogens (tertiary/aromatic N) is 2. The molecule has 20 heavy (non-hydrogen) atoms. The molecule has 0 N–H and O–H groups in total. The van der Waals surface area contributed by atoms with E-state index in [1.807, 2.05) is 13.8 Å². The van der Waals surface area contributed by atoms with Gasteiger partial charge in [-0.2, -0.15) is 0 Å². The van der Waals surface area contributed by atoms with Gasteiger partial charge in [0.25, 0.3) is 0 Å². The zero-order valence-corrected chi connectivity index (χ0v) is 12.3. The summed E-state index contributed by atoms with van der Waals surface area (Å²) in [5.41, 5.74) is 0.663. The number of imidazole rings is 1. The van der Waals surface area contributed by atoms with Crippen LogP contribution < -0.4 is 0 Å². The SMILES string of the molecule is CC(C)n1ccnc1S(=O)(=O)CCc1cccc(F)c1. The number of rotatable bonds is 5. The summed E-state index contributed by atoms with van der Waals surface area (Å²) in [6.07, 6.45) is 3.40. The van der Waals surface area contributed by atoms with Gasteiger partial charge in [-0.15, -0.1) is 0 Å². The molecule has 2 rings (SSSR count). The van der Waals surface area contributed by atoms with E-state index in [0.29, 0.717) is 5.56 Å². The monoisotopic (exact) mass is 296 g/mol. The van der Waals surface area contributed by atoms with E-state index in [4.69, 9.17) is 0 Å². The smallest absolute Gasteiger partial charge is 0.227 e. The molecular weight excluding hydrogens is 279 g/mol. The molecule has 1 aromatic carbocycles. The van der Waals surface area contributed by atoms with Crippen molar-refractivity contribution >= 4 is 9.84 Å². The number of aromatic nitrogens is 2. The van der Waals surface area contributed by atoms with Crippen LogP contribution in [0.25, 0.3) is 0 Å². The van der Waals surface area contributed by atoms with Crippen LogP contribution in [0.4, 0.5) is 4.39 Å². The summed E-state index contributed by atoms with van der Waals surface area (Å²) >= 11 is 0. The molecule has 0 unspecified atom stereocenters. The number of hydrogen-bond acceptors (Lipinski definition) is 3. The molecule has 1 aromatic heterocycles. The molecule has 0 atom stereocenters. The Balaban J connectivity index is 2.17. The first kappa shape index (κ1) is 14.7. The third-order valence-electron chi connectivity index (χ3n) is 3.02. The highest BCUT2D eigenvalue weighted by atomic mass is 32.2. The second-order valence-corrected chi connectivity index (χ2v) is 6.91. The van der Waals surface area contributed by atoms with Gasteiger partial charge in [-0.25, -0.2) is 17.8 Å². The van der Waals surface area contributed by atoms with Crippen LogP contribution in [0.3, 0.4) is 0 Å². The topological polar surface area (TPSA) is 52.0 Å². The third kappa shape index (κ3) is 3.25. The van der Waals surface area contributed by atoms with E-state index in [2.05, 4.69) is 4.98 Å². The zero-order valence-electron chi connectivity index (χ0n) is 11.5. The summed E-state index contributed by atoms with van der Waals surface area (Å²) in [7, 11) is -3.47. The van der Waals surface area contributed by atoms with Crippen molar-refractivity contribution in [2.45, 2.75) is 31.5 Å². The molecule has 4 nitrogen and oxygen atoms in total. The minimum Gasteiger partial charge on any atom is -0.319 e. The molecule has 0 fully saturated rings. The van der Waals surface area contributed by atoms with E-state index < -0.39 is 9.84 Å². The van der Waals surface area contributed by atoms with Crippen molar-refractivity contribution in [3.05, 3.63) is 48.0 Å². The molecule has 1 heterocycles. The minimum absolute atomic E-state index is 0.0245. The Bertz CT molecular complexity index is 693. The average molecular weight is 296 g/mol. The van der Waals surface area contributed by atoms with Crippen molar-refractivity contribution in [1.29, 1.82) is 0 Å². The van der Waals surface area contributed by atoms with E-state index in [-0.39, 0.29) is 29.2 Å². The van der Waals surface area contributed by atoms with Gasteiger partial charge in [0.1, 0.15) is 5.82 Å². The fourth-order valence-electron chi connectivity index (χ4n) is 1.97. The maximum atomic E-state index is 13.1. The molecule has 2 aromatic rings. The maximum absolute atomic E-state index is 13.1.